The summed E-state index contributed by atoms with van der Waals surface area (Å²) in [5.74, 6) is 0.908. The zero-order chi connectivity index (χ0) is 16.4. The summed E-state index contributed by atoms with van der Waals surface area (Å²) in [5.41, 5.74) is 2.72. The normalized spacial score (nSPS) is 16.7. The standard InChI is InChI=1S/C16H18N4O2S/c1-16(2)5-8-9(6-22-16)13(20(3)4)19-15-10(8)11-12(23-15)14(21)18-7-17-11/h7H,5-6H2,1-4H3,(H,17,18,21). The van der Waals surface area contributed by atoms with Crippen LogP contribution in [0.3, 0.4) is 0 Å². The van der Waals surface area contributed by atoms with Gasteiger partial charge in [0.1, 0.15) is 15.3 Å². The van der Waals surface area contributed by atoms with E-state index in [1.807, 2.05) is 19.0 Å². The second-order valence-corrected chi connectivity index (χ2v) is 7.70. The van der Waals surface area contributed by atoms with Gasteiger partial charge in [-0.15, -0.1) is 11.3 Å². The molecule has 120 valence electrons. The summed E-state index contributed by atoms with van der Waals surface area (Å²) in [4.78, 5) is 26.8. The topological polar surface area (TPSA) is 71.1 Å². The number of nitrogens with one attached hydrogen (secondary N) is 1. The first-order chi connectivity index (χ1) is 10.9. The number of H-pyrrole nitrogens is 1. The van der Waals surface area contributed by atoms with Crippen LogP contribution >= 0.6 is 11.3 Å². The monoisotopic (exact) mass is 330 g/mol. The summed E-state index contributed by atoms with van der Waals surface area (Å²) < 4.78 is 6.63. The van der Waals surface area contributed by atoms with Gasteiger partial charge in [0.25, 0.3) is 5.56 Å². The third-order valence-electron chi connectivity index (χ3n) is 4.24. The molecule has 0 amide bonds. The van der Waals surface area contributed by atoms with Gasteiger partial charge in [-0.25, -0.2) is 9.97 Å². The van der Waals surface area contributed by atoms with Crippen LogP contribution in [0.2, 0.25) is 0 Å². The van der Waals surface area contributed by atoms with E-state index in [1.165, 1.54) is 23.2 Å². The molecule has 1 aliphatic rings. The van der Waals surface area contributed by atoms with Crippen LogP contribution in [-0.2, 0) is 17.8 Å². The Kier molecular flexibility index (Phi) is 3.01. The molecule has 7 heteroatoms. The van der Waals surface area contributed by atoms with Crippen molar-refractivity contribution in [3.8, 4) is 0 Å². The van der Waals surface area contributed by atoms with Crippen LogP contribution in [0.4, 0.5) is 5.82 Å². The SMILES string of the molecule is CN(C)c1nc2sc3c(=O)[nH]cnc3c2c2c1COC(C)(C)C2. The van der Waals surface area contributed by atoms with Crippen LogP contribution in [0.5, 0.6) is 0 Å². The van der Waals surface area contributed by atoms with E-state index in [0.717, 1.165) is 33.5 Å². The molecule has 0 fully saturated rings. The summed E-state index contributed by atoms with van der Waals surface area (Å²) >= 11 is 1.41. The number of pyridine rings is 1. The fourth-order valence-corrected chi connectivity index (χ4v) is 4.22. The second kappa shape index (κ2) is 4.75. The van der Waals surface area contributed by atoms with Crippen molar-refractivity contribution in [2.24, 2.45) is 0 Å². The Morgan fingerprint density at radius 2 is 2.13 bits per heavy atom. The maximum absolute atomic E-state index is 12.1. The van der Waals surface area contributed by atoms with Gasteiger partial charge in [0.2, 0.25) is 0 Å². The summed E-state index contributed by atoms with van der Waals surface area (Å²) in [7, 11) is 3.96. The maximum Gasteiger partial charge on any atom is 0.268 e. The third-order valence-corrected chi connectivity index (χ3v) is 5.31. The van der Waals surface area contributed by atoms with E-state index in [1.54, 1.807) is 0 Å². The maximum atomic E-state index is 12.1. The van der Waals surface area contributed by atoms with Crippen LogP contribution in [0, 0.1) is 0 Å². The van der Waals surface area contributed by atoms with E-state index >= 15 is 0 Å². The quantitative estimate of drug-likeness (QED) is 0.742. The van der Waals surface area contributed by atoms with Crippen LogP contribution < -0.4 is 10.5 Å². The molecule has 3 aromatic heterocycles. The molecule has 4 rings (SSSR count). The van der Waals surface area contributed by atoms with E-state index in [2.05, 4.69) is 23.8 Å². The number of ether oxygens (including phenoxy) is 1. The van der Waals surface area contributed by atoms with Crippen molar-refractivity contribution in [1.29, 1.82) is 0 Å². The van der Waals surface area contributed by atoms with Crippen LogP contribution in [0.25, 0.3) is 20.4 Å². The van der Waals surface area contributed by atoms with E-state index < -0.39 is 0 Å². The Morgan fingerprint density at radius 3 is 2.87 bits per heavy atom. The Balaban J connectivity index is 2.17. The van der Waals surface area contributed by atoms with E-state index in [4.69, 9.17) is 9.72 Å². The Bertz CT molecular complexity index is 987. The molecule has 0 spiro atoms. The first-order valence-corrected chi connectivity index (χ1v) is 8.32. The molecule has 0 aromatic carbocycles. The van der Waals surface area contributed by atoms with Crippen molar-refractivity contribution >= 4 is 37.6 Å². The average Bonchev–Trinajstić information content (AvgIpc) is 2.85. The molecule has 0 aliphatic carbocycles. The van der Waals surface area contributed by atoms with Crippen LogP contribution in [-0.4, -0.2) is 34.6 Å². The summed E-state index contributed by atoms with van der Waals surface area (Å²) in [6, 6.07) is 0. The lowest BCUT2D eigenvalue weighted by Gasteiger charge is -2.34. The highest BCUT2D eigenvalue weighted by Crippen LogP contribution is 2.41. The molecule has 23 heavy (non-hydrogen) atoms. The third kappa shape index (κ3) is 2.14. The number of nitrogens with zero attached hydrogens (tertiary/aromatic N) is 3. The minimum atomic E-state index is -0.236. The van der Waals surface area contributed by atoms with Gasteiger partial charge in [-0.1, -0.05) is 0 Å². The van der Waals surface area contributed by atoms with Gasteiger partial charge in [-0.2, -0.15) is 0 Å². The highest BCUT2D eigenvalue weighted by Gasteiger charge is 2.32. The Labute approximate surface area is 137 Å². The average molecular weight is 330 g/mol. The largest absolute Gasteiger partial charge is 0.370 e. The number of aromatic nitrogens is 3. The second-order valence-electron chi connectivity index (χ2n) is 6.70. The molecule has 0 atom stereocenters. The molecule has 0 saturated heterocycles. The molecule has 0 radical (unpaired) electrons. The summed E-state index contributed by atoms with van der Waals surface area (Å²) in [5, 5.41) is 1.01. The van der Waals surface area contributed by atoms with Crippen molar-refractivity contribution < 1.29 is 4.74 Å². The number of thiophene rings is 1. The zero-order valence-corrected chi connectivity index (χ0v) is 14.4. The van der Waals surface area contributed by atoms with Crippen molar-refractivity contribution in [2.75, 3.05) is 19.0 Å². The number of rotatable bonds is 1. The van der Waals surface area contributed by atoms with Gasteiger partial charge < -0.3 is 14.6 Å². The van der Waals surface area contributed by atoms with Gasteiger partial charge in [0.15, 0.2) is 0 Å². The molecule has 1 aliphatic heterocycles. The molecule has 6 nitrogen and oxygen atoms in total. The number of hydrogen-bond donors (Lipinski definition) is 1. The van der Waals surface area contributed by atoms with Crippen molar-refractivity contribution in [3.63, 3.8) is 0 Å². The minimum absolute atomic E-state index is 0.107. The highest BCUT2D eigenvalue weighted by molar-refractivity contribution is 7.25. The molecular formula is C16H18N4O2S. The molecule has 3 aromatic rings. The highest BCUT2D eigenvalue weighted by atomic mass is 32.1. The van der Waals surface area contributed by atoms with Gasteiger partial charge in [-0.05, 0) is 19.4 Å². The fraction of sp³-hybridized carbons (Fsp3) is 0.438. The number of aromatic amines is 1. The number of hydrogen-bond acceptors (Lipinski definition) is 6. The van der Waals surface area contributed by atoms with Crippen molar-refractivity contribution in [2.45, 2.75) is 32.5 Å². The summed E-state index contributed by atoms with van der Waals surface area (Å²) in [6.45, 7) is 4.71. The lowest BCUT2D eigenvalue weighted by molar-refractivity contribution is -0.0395. The predicted molar refractivity (Wildman–Crippen MR) is 92.4 cm³/mol. The number of anilines is 1. The van der Waals surface area contributed by atoms with Gasteiger partial charge in [0, 0.05) is 31.5 Å². The molecule has 1 N–H and O–H groups in total. The molecular weight excluding hydrogens is 312 g/mol. The Hall–Kier alpha value is -1.99. The first-order valence-electron chi connectivity index (χ1n) is 7.50. The molecule has 4 heterocycles. The van der Waals surface area contributed by atoms with Gasteiger partial charge >= 0.3 is 0 Å². The van der Waals surface area contributed by atoms with E-state index in [9.17, 15) is 4.79 Å². The lowest BCUT2D eigenvalue weighted by Crippen LogP contribution is -2.33. The molecule has 0 unspecified atom stereocenters. The minimum Gasteiger partial charge on any atom is -0.370 e. The van der Waals surface area contributed by atoms with Gasteiger partial charge in [-0.3, -0.25) is 4.79 Å². The smallest absolute Gasteiger partial charge is 0.268 e. The van der Waals surface area contributed by atoms with E-state index in [-0.39, 0.29) is 11.2 Å². The molecule has 0 bridgehead atoms. The van der Waals surface area contributed by atoms with Crippen molar-refractivity contribution in [3.05, 3.63) is 27.8 Å². The zero-order valence-electron chi connectivity index (χ0n) is 13.6. The van der Waals surface area contributed by atoms with Crippen LogP contribution in [0.1, 0.15) is 25.0 Å². The van der Waals surface area contributed by atoms with E-state index in [0.29, 0.717) is 11.3 Å². The van der Waals surface area contributed by atoms with Crippen LogP contribution in [0.15, 0.2) is 11.1 Å². The first kappa shape index (κ1) is 14.6. The Morgan fingerprint density at radius 1 is 1.35 bits per heavy atom. The summed E-state index contributed by atoms with van der Waals surface area (Å²) in [6.07, 6.45) is 2.25. The fourth-order valence-electron chi connectivity index (χ4n) is 3.17. The van der Waals surface area contributed by atoms with Gasteiger partial charge in [0.05, 0.1) is 24.1 Å². The lowest BCUT2D eigenvalue weighted by atomic mass is 9.90. The number of fused-ring (bicyclic) bond motifs is 5. The predicted octanol–water partition coefficient (Wildman–Crippen LogP) is 2.45. The molecule has 0 saturated carbocycles. The van der Waals surface area contributed by atoms with Crippen molar-refractivity contribution in [1.82, 2.24) is 15.0 Å².